The summed E-state index contributed by atoms with van der Waals surface area (Å²) in [6.45, 7) is 5.93. The average molecular weight is 763 g/mol. The maximum absolute atomic E-state index is 14.2. The number of carboxylic acids is 2. The Labute approximate surface area is 313 Å². The van der Waals surface area contributed by atoms with Crippen LogP contribution in [0, 0.1) is 26.7 Å². The maximum atomic E-state index is 14.2. The smallest absolute Gasteiger partial charge is 0.317 e. The largest absolute Gasteiger partial charge is 0.481 e. The summed E-state index contributed by atoms with van der Waals surface area (Å²) in [7, 11) is 1.16. The van der Waals surface area contributed by atoms with E-state index >= 15 is 0 Å². The van der Waals surface area contributed by atoms with Crippen molar-refractivity contribution in [1.29, 1.82) is 0 Å². The molecular weight excluding hydrogens is 720 g/mol. The third-order valence-electron chi connectivity index (χ3n) is 10.3. The number of hydrogen-bond donors (Lipinski definition) is 8. The maximum Gasteiger partial charge on any atom is 0.317 e. The fraction of sp³-hybridized carbons (Fsp3) is 0.395. The molecule has 3 aromatic rings. The fourth-order valence-electron chi connectivity index (χ4n) is 7.52. The lowest BCUT2D eigenvalue weighted by Gasteiger charge is -2.19. The van der Waals surface area contributed by atoms with Gasteiger partial charge in [-0.15, -0.1) is 0 Å². The Morgan fingerprint density at radius 1 is 0.873 bits per heavy atom. The van der Waals surface area contributed by atoms with E-state index in [-0.39, 0.29) is 49.1 Å². The number of Topliss-reactive ketones (excluding diaryl/α,β-unsaturated/α-hetero) is 1. The summed E-state index contributed by atoms with van der Waals surface area (Å²) in [5.41, 5.74) is 6.48. The number of esters is 2. The summed E-state index contributed by atoms with van der Waals surface area (Å²) in [5, 5.41) is 40.9. The minimum absolute atomic E-state index is 0.00431. The molecule has 3 unspecified atom stereocenters. The molecule has 1 aliphatic heterocycles. The second-order valence-corrected chi connectivity index (χ2v) is 13.5. The molecule has 17 nitrogen and oxygen atoms in total. The highest BCUT2D eigenvalue weighted by molar-refractivity contribution is 6.14. The standard InChI is InChI=1S/C38H42N4O13/c1-15-19(8-9-55-29(50)12-28(48)49)24(39-25(15)13-43)11-22-18(4)31-35(41-22)32(33(36(31)51)38(53)54-5)34-20(6-7-27(46)47)16(2)21(40-34)10-23-17(3)30(26(45)14-44)37(52)42-23/h10,13,26,32-33,39-41,44-45H,6-9,11-12,14H2,1-5H3,(H,42,52)(H,46,47)(H,48,49)/b23-10-. The topological polar surface area (TPSA) is 278 Å². The van der Waals surface area contributed by atoms with Crippen molar-refractivity contribution in [3.63, 3.8) is 0 Å². The lowest BCUT2D eigenvalue weighted by Crippen LogP contribution is -2.27. The number of aliphatic hydroxyl groups excluding tert-OH is 2. The number of aliphatic hydroxyl groups is 2. The number of aldehydes is 1. The number of H-pyrrole nitrogens is 3. The van der Waals surface area contributed by atoms with Gasteiger partial charge in [-0.3, -0.25) is 33.6 Å². The van der Waals surface area contributed by atoms with Crippen molar-refractivity contribution in [2.24, 2.45) is 5.92 Å². The van der Waals surface area contributed by atoms with Crippen molar-refractivity contribution < 1.29 is 63.5 Å². The van der Waals surface area contributed by atoms with Crippen molar-refractivity contribution >= 4 is 47.9 Å². The summed E-state index contributed by atoms with van der Waals surface area (Å²) in [5.74, 6) is -7.56. The predicted octanol–water partition coefficient (Wildman–Crippen LogP) is 1.83. The van der Waals surface area contributed by atoms with Crippen LogP contribution in [0.15, 0.2) is 16.8 Å². The molecule has 55 heavy (non-hydrogen) atoms. The zero-order valence-electron chi connectivity index (χ0n) is 30.8. The molecule has 1 aliphatic carbocycles. The third-order valence-corrected chi connectivity index (χ3v) is 10.3. The molecule has 0 saturated carbocycles. The Bertz CT molecular complexity index is 2180. The number of aliphatic carboxylic acids is 2. The van der Waals surface area contributed by atoms with E-state index < -0.39 is 66.5 Å². The lowest BCUT2D eigenvalue weighted by atomic mass is 9.87. The highest BCUT2D eigenvalue weighted by Gasteiger charge is 2.50. The van der Waals surface area contributed by atoms with E-state index in [0.29, 0.717) is 73.8 Å². The van der Waals surface area contributed by atoms with Crippen molar-refractivity contribution in [2.75, 3.05) is 20.3 Å². The van der Waals surface area contributed by atoms with Gasteiger partial charge in [0.15, 0.2) is 12.1 Å². The number of ether oxygens (including phenoxy) is 2. The summed E-state index contributed by atoms with van der Waals surface area (Å²) in [6.07, 6.45) is 0.0710. The first kappa shape index (κ1) is 40.1. The molecule has 0 fully saturated rings. The van der Waals surface area contributed by atoms with Gasteiger partial charge in [-0.25, -0.2) is 0 Å². The number of carbonyl (C=O) groups excluding carboxylic acids is 5. The molecule has 2 aliphatic rings. The molecule has 3 atom stereocenters. The number of aromatic nitrogens is 3. The van der Waals surface area contributed by atoms with Crippen molar-refractivity contribution in [1.82, 2.24) is 20.3 Å². The van der Waals surface area contributed by atoms with Gasteiger partial charge in [-0.1, -0.05) is 0 Å². The minimum Gasteiger partial charge on any atom is -0.481 e. The first-order chi connectivity index (χ1) is 26.0. The molecule has 4 heterocycles. The molecule has 3 aromatic heterocycles. The molecule has 0 radical (unpaired) electrons. The highest BCUT2D eigenvalue weighted by Crippen LogP contribution is 2.47. The van der Waals surface area contributed by atoms with Crippen molar-refractivity contribution in [3.8, 4) is 0 Å². The van der Waals surface area contributed by atoms with Crippen LogP contribution < -0.4 is 5.32 Å². The third kappa shape index (κ3) is 7.65. The summed E-state index contributed by atoms with van der Waals surface area (Å²) in [4.78, 5) is 96.4. The first-order valence-electron chi connectivity index (χ1n) is 17.4. The van der Waals surface area contributed by atoms with Crippen LogP contribution >= 0.6 is 0 Å². The molecular formula is C38H42N4O13. The fourth-order valence-corrected chi connectivity index (χ4v) is 7.52. The van der Waals surface area contributed by atoms with Crippen LogP contribution in [0.4, 0.5) is 0 Å². The van der Waals surface area contributed by atoms with Crippen molar-refractivity contribution in [2.45, 2.75) is 71.8 Å². The Morgan fingerprint density at radius 2 is 1.56 bits per heavy atom. The van der Waals surface area contributed by atoms with Gasteiger partial charge in [0.2, 0.25) is 0 Å². The predicted molar refractivity (Wildman–Crippen MR) is 191 cm³/mol. The summed E-state index contributed by atoms with van der Waals surface area (Å²) in [6, 6.07) is 0. The minimum atomic E-state index is -1.41. The number of allylic oxidation sites excluding steroid dienone is 1. The van der Waals surface area contributed by atoms with E-state index in [4.69, 9.17) is 14.6 Å². The summed E-state index contributed by atoms with van der Waals surface area (Å²) < 4.78 is 10.2. The number of aromatic amines is 3. The molecule has 0 saturated heterocycles. The van der Waals surface area contributed by atoms with Gasteiger partial charge in [0, 0.05) is 59.0 Å². The number of nitrogens with one attached hydrogen (secondary N) is 4. The normalized spacial score (nSPS) is 17.8. The van der Waals surface area contributed by atoms with Gasteiger partial charge in [0.1, 0.15) is 18.4 Å². The average Bonchev–Trinajstić information content (AvgIpc) is 3.87. The molecule has 8 N–H and O–H groups in total. The van der Waals surface area contributed by atoms with Crippen LogP contribution in [0.5, 0.6) is 0 Å². The van der Waals surface area contributed by atoms with E-state index in [1.807, 2.05) is 0 Å². The van der Waals surface area contributed by atoms with Crippen LogP contribution in [-0.2, 0) is 52.7 Å². The van der Waals surface area contributed by atoms with Crippen LogP contribution in [-0.4, -0.2) is 104 Å². The van der Waals surface area contributed by atoms with E-state index in [1.54, 1.807) is 33.8 Å². The van der Waals surface area contributed by atoms with Crippen LogP contribution in [0.2, 0.25) is 0 Å². The second kappa shape index (κ2) is 16.1. The van der Waals surface area contributed by atoms with Gasteiger partial charge in [-0.2, -0.15) is 0 Å². The number of hydrogen-bond acceptors (Lipinski definition) is 11. The zero-order valence-corrected chi connectivity index (χ0v) is 30.8. The van der Waals surface area contributed by atoms with E-state index in [1.165, 1.54) is 0 Å². The zero-order chi connectivity index (χ0) is 40.5. The van der Waals surface area contributed by atoms with E-state index in [0.717, 1.165) is 7.11 Å². The quantitative estimate of drug-likeness (QED) is 0.0588. The number of fused-ring (bicyclic) bond motifs is 1. The van der Waals surface area contributed by atoms with Crippen molar-refractivity contribution in [3.05, 3.63) is 84.4 Å². The monoisotopic (exact) mass is 762 g/mol. The molecule has 1 amide bonds. The molecule has 5 rings (SSSR count). The molecule has 292 valence electrons. The van der Waals surface area contributed by atoms with Gasteiger partial charge in [0.25, 0.3) is 5.91 Å². The van der Waals surface area contributed by atoms with E-state index in [2.05, 4.69) is 20.3 Å². The molecule has 0 spiro atoms. The molecule has 17 heteroatoms. The van der Waals surface area contributed by atoms with Crippen LogP contribution in [0.25, 0.3) is 6.08 Å². The Kier molecular flexibility index (Phi) is 11.8. The lowest BCUT2D eigenvalue weighted by molar-refractivity contribution is -0.151. The number of rotatable bonds is 16. The molecule has 0 bridgehead atoms. The number of methoxy groups -OCH3 is 1. The Balaban J connectivity index is 1.60. The Morgan fingerprint density at radius 3 is 2.18 bits per heavy atom. The first-order valence-corrected chi connectivity index (χ1v) is 17.4. The SMILES string of the molecule is COC(=O)C1C(=O)c2c([nH]c(Cc3[nH]c(C=O)c(C)c3CCOC(=O)CC(=O)O)c2C)C1c1[nH]c(/C=C2\NC(=O)C(C(O)CO)=C2C)c(C)c1CCC(=O)O. The van der Waals surface area contributed by atoms with Crippen LogP contribution in [0.1, 0.15) is 103 Å². The number of amides is 1. The summed E-state index contributed by atoms with van der Waals surface area (Å²) >= 11 is 0. The van der Waals surface area contributed by atoms with E-state index in [9.17, 15) is 48.9 Å². The van der Waals surface area contributed by atoms with Crippen LogP contribution in [0.3, 0.4) is 0 Å². The second-order valence-electron chi connectivity index (χ2n) is 13.5. The van der Waals surface area contributed by atoms with Gasteiger partial charge in [0.05, 0.1) is 37.5 Å². The van der Waals surface area contributed by atoms with Gasteiger partial charge >= 0.3 is 23.9 Å². The molecule has 0 aromatic carbocycles. The van der Waals surface area contributed by atoms with Gasteiger partial charge < -0.3 is 50.2 Å². The van der Waals surface area contributed by atoms with Gasteiger partial charge in [-0.05, 0) is 73.6 Å². The number of carboxylic acid groups (broad SMARTS) is 2. The number of ketones is 1. The highest BCUT2D eigenvalue weighted by atomic mass is 16.5. The Hall–Kier alpha value is -6.07. The number of carbonyl (C=O) groups is 7.